The number of nitrogens with one attached hydrogen (secondary N) is 1. The lowest BCUT2D eigenvalue weighted by molar-refractivity contribution is 0.472. The van der Waals surface area contributed by atoms with Gasteiger partial charge in [-0.2, -0.15) is 0 Å². The molecule has 0 aliphatic carbocycles. The average molecular weight is 253 g/mol. The van der Waals surface area contributed by atoms with E-state index in [4.69, 9.17) is 0 Å². The topological polar surface area (TPSA) is 66.4 Å². The van der Waals surface area contributed by atoms with E-state index >= 15 is 0 Å². The zero-order chi connectivity index (χ0) is 12.6. The monoisotopic (exact) mass is 253 g/mol. The molecule has 0 amide bonds. The molecule has 1 unspecified atom stereocenters. The van der Waals surface area contributed by atoms with Crippen molar-refractivity contribution in [2.45, 2.75) is 24.3 Å². The van der Waals surface area contributed by atoms with E-state index in [1.54, 1.807) is 19.2 Å². The Kier molecular flexibility index (Phi) is 2.97. The highest BCUT2D eigenvalue weighted by molar-refractivity contribution is 7.95. The van der Waals surface area contributed by atoms with Crippen LogP contribution >= 0.6 is 0 Å². The van der Waals surface area contributed by atoms with E-state index in [0.717, 1.165) is 0 Å². The van der Waals surface area contributed by atoms with Gasteiger partial charge >= 0.3 is 0 Å². The van der Waals surface area contributed by atoms with Crippen LogP contribution in [0.3, 0.4) is 0 Å². The molecule has 0 radical (unpaired) electrons. The number of hydrogen-bond donors (Lipinski definition) is 2. The molecule has 0 saturated carbocycles. The second-order valence-corrected chi connectivity index (χ2v) is 6.17. The van der Waals surface area contributed by atoms with Gasteiger partial charge < -0.3 is 10.4 Å². The molecule has 0 saturated heterocycles. The highest BCUT2D eigenvalue weighted by atomic mass is 32.2. The maximum absolute atomic E-state index is 12.2. The SMILES string of the molecule is CNC(C)CC1=Cc2c(O)cccc2S1(=O)=O. The van der Waals surface area contributed by atoms with Gasteiger partial charge in [0.25, 0.3) is 0 Å². The van der Waals surface area contributed by atoms with Crippen LogP contribution in [0.4, 0.5) is 0 Å². The number of phenols is 1. The highest BCUT2D eigenvalue weighted by Crippen LogP contribution is 2.39. The summed E-state index contributed by atoms with van der Waals surface area (Å²) < 4.78 is 24.4. The van der Waals surface area contributed by atoms with Crippen molar-refractivity contribution in [3.05, 3.63) is 28.7 Å². The van der Waals surface area contributed by atoms with Crippen LogP contribution in [0.15, 0.2) is 28.0 Å². The summed E-state index contributed by atoms with van der Waals surface area (Å²) in [6.07, 6.45) is 1.99. The summed E-state index contributed by atoms with van der Waals surface area (Å²) in [5.41, 5.74) is 0.408. The van der Waals surface area contributed by atoms with Crippen LogP contribution in [-0.4, -0.2) is 26.6 Å². The minimum absolute atomic E-state index is 0.0122. The van der Waals surface area contributed by atoms with Gasteiger partial charge in [0.15, 0.2) is 0 Å². The normalized spacial score (nSPS) is 18.6. The van der Waals surface area contributed by atoms with Crippen molar-refractivity contribution in [1.29, 1.82) is 0 Å². The lowest BCUT2D eigenvalue weighted by Crippen LogP contribution is -2.22. The third-order valence-electron chi connectivity index (χ3n) is 2.98. The molecule has 2 rings (SSSR count). The average Bonchev–Trinajstić information content (AvgIpc) is 2.53. The summed E-state index contributed by atoms with van der Waals surface area (Å²) in [5, 5.41) is 12.7. The predicted octanol–water partition coefficient (Wildman–Crippen LogP) is 1.52. The van der Waals surface area contributed by atoms with Crippen LogP contribution < -0.4 is 5.32 Å². The van der Waals surface area contributed by atoms with E-state index in [1.807, 2.05) is 6.92 Å². The number of aromatic hydroxyl groups is 1. The van der Waals surface area contributed by atoms with Crippen LogP contribution in [0.2, 0.25) is 0 Å². The van der Waals surface area contributed by atoms with Gasteiger partial charge in [-0.25, -0.2) is 8.42 Å². The van der Waals surface area contributed by atoms with Crippen molar-refractivity contribution in [3.8, 4) is 5.75 Å². The predicted molar refractivity (Wildman–Crippen MR) is 66.4 cm³/mol. The smallest absolute Gasteiger partial charge is 0.203 e. The summed E-state index contributed by atoms with van der Waals surface area (Å²) >= 11 is 0. The maximum atomic E-state index is 12.2. The van der Waals surface area contributed by atoms with Crippen molar-refractivity contribution in [3.63, 3.8) is 0 Å². The number of hydrogen-bond acceptors (Lipinski definition) is 4. The van der Waals surface area contributed by atoms with Crippen molar-refractivity contribution >= 4 is 15.9 Å². The first kappa shape index (κ1) is 12.1. The van der Waals surface area contributed by atoms with E-state index < -0.39 is 9.84 Å². The molecule has 1 aromatic rings. The van der Waals surface area contributed by atoms with Crippen LogP contribution in [0, 0.1) is 0 Å². The van der Waals surface area contributed by atoms with Gasteiger partial charge in [-0.05, 0) is 38.6 Å². The van der Waals surface area contributed by atoms with Crippen molar-refractivity contribution < 1.29 is 13.5 Å². The minimum Gasteiger partial charge on any atom is -0.507 e. The Balaban J connectivity index is 2.47. The third kappa shape index (κ3) is 1.96. The number of sulfone groups is 1. The van der Waals surface area contributed by atoms with Crippen LogP contribution in [0.1, 0.15) is 18.9 Å². The molecule has 0 bridgehead atoms. The molecule has 1 heterocycles. The Bertz CT molecular complexity index is 575. The fourth-order valence-electron chi connectivity index (χ4n) is 1.86. The standard InChI is InChI=1S/C12H15NO3S/c1-8(13-2)6-9-7-10-11(14)4-3-5-12(10)17(9,15)16/h3-5,7-8,13-14H,6H2,1-2H3. The molecule has 5 heteroatoms. The first-order chi connectivity index (χ1) is 7.96. The number of fused-ring (bicyclic) bond motifs is 1. The van der Waals surface area contributed by atoms with E-state index in [0.29, 0.717) is 16.9 Å². The highest BCUT2D eigenvalue weighted by Gasteiger charge is 2.31. The molecule has 0 fully saturated rings. The second-order valence-electron chi connectivity index (χ2n) is 4.20. The lowest BCUT2D eigenvalue weighted by Gasteiger charge is -2.10. The van der Waals surface area contributed by atoms with Gasteiger partial charge in [-0.1, -0.05) is 6.07 Å². The zero-order valence-corrected chi connectivity index (χ0v) is 10.6. The maximum Gasteiger partial charge on any atom is 0.203 e. The van der Waals surface area contributed by atoms with Gasteiger partial charge in [0.1, 0.15) is 5.75 Å². The third-order valence-corrected chi connectivity index (χ3v) is 4.89. The van der Waals surface area contributed by atoms with Gasteiger partial charge in [0.2, 0.25) is 9.84 Å². The molecule has 1 aliphatic rings. The number of rotatable bonds is 3. The molecule has 2 N–H and O–H groups in total. The summed E-state index contributed by atoms with van der Waals surface area (Å²) in [4.78, 5) is 0.562. The Hall–Kier alpha value is -1.33. The molecule has 0 spiro atoms. The largest absolute Gasteiger partial charge is 0.507 e. The molecule has 1 aliphatic heterocycles. The molecule has 1 atom stereocenters. The fraction of sp³-hybridized carbons (Fsp3) is 0.333. The quantitative estimate of drug-likeness (QED) is 0.857. The fourth-order valence-corrected chi connectivity index (χ4v) is 3.60. The molecule has 1 aromatic carbocycles. The Morgan fingerprint density at radius 3 is 2.71 bits per heavy atom. The molecular weight excluding hydrogens is 238 g/mol. The van der Waals surface area contributed by atoms with Crippen molar-refractivity contribution in [2.24, 2.45) is 0 Å². The summed E-state index contributed by atoms with van der Waals surface area (Å²) in [5.74, 6) is 0.0122. The van der Waals surface area contributed by atoms with Crippen LogP contribution in [-0.2, 0) is 9.84 Å². The van der Waals surface area contributed by atoms with Crippen molar-refractivity contribution in [2.75, 3.05) is 7.05 Å². The van der Waals surface area contributed by atoms with Crippen LogP contribution in [0.25, 0.3) is 6.08 Å². The molecule has 17 heavy (non-hydrogen) atoms. The first-order valence-electron chi connectivity index (χ1n) is 5.41. The van der Waals surface area contributed by atoms with Gasteiger partial charge in [-0.15, -0.1) is 0 Å². The molecule has 4 nitrogen and oxygen atoms in total. The van der Waals surface area contributed by atoms with Crippen molar-refractivity contribution in [1.82, 2.24) is 5.32 Å². The number of phenolic OH excluding ortho intramolecular Hbond substituents is 1. The second kappa shape index (κ2) is 4.16. The summed E-state index contributed by atoms with van der Waals surface area (Å²) in [7, 11) is -1.62. The summed E-state index contributed by atoms with van der Waals surface area (Å²) in [6, 6.07) is 4.64. The van der Waals surface area contributed by atoms with Gasteiger partial charge in [0, 0.05) is 11.6 Å². The Morgan fingerprint density at radius 1 is 1.41 bits per heavy atom. The van der Waals surface area contributed by atoms with E-state index in [-0.39, 0.29) is 16.7 Å². The summed E-state index contributed by atoms with van der Waals surface area (Å²) in [6.45, 7) is 1.92. The molecule has 0 aromatic heterocycles. The lowest BCUT2D eigenvalue weighted by atomic mass is 10.1. The Labute approximate surface area is 101 Å². The zero-order valence-electron chi connectivity index (χ0n) is 9.77. The van der Waals surface area contributed by atoms with Gasteiger partial charge in [0.05, 0.1) is 9.80 Å². The molecule has 92 valence electrons. The van der Waals surface area contributed by atoms with E-state index in [9.17, 15) is 13.5 Å². The van der Waals surface area contributed by atoms with E-state index in [1.165, 1.54) is 12.1 Å². The van der Waals surface area contributed by atoms with Crippen LogP contribution in [0.5, 0.6) is 5.75 Å². The molecular formula is C12H15NO3S. The first-order valence-corrected chi connectivity index (χ1v) is 6.90. The minimum atomic E-state index is -3.41. The number of benzene rings is 1. The van der Waals surface area contributed by atoms with E-state index in [2.05, 4.69) is 5.32 Å². The Morgan fingerprint density at radius 2 is 2.12 bits per heavy atom. The van der Waals surface area contributed by atoms with Gasteiger partial charge in [-0.3, -0.25) is 0 Å².